The second kappa shape index (κ2) is 11.6. The highest BCUT2D eigenvalue weighted by molar-refractivity contribution is 6.23. The number of benzene rings is 3. The average Bonchev–Trinajstić information content (AvgIpc) is 3.45. The van der Waals surface area contributed by atoms with Gasteiger partial charge in [-0.05, 0) is 48.4 Å². The summed E-state index contributed by atoms with van der Waals surface area (Å²) in [5.74, 6) is -0.418. The lowest BCUT2D eigenvalue weighted by molar-refractivity contribution is -0.126. The van der Waals surface area contributed by atoms with Crippen LogP contribution in [0.1, 0.15) is 57.1 Å². The molecule has 3 aromatic rings. The molecule has 2 heterocycles. The van der Waals surface area contributed by atoms with Crippen molar-refractivity contribution in [2.45, 2.75) is 57.6 Å². The zero-order chi connectivity index (χ0) is 25.6. The van der Waals surface area contributed by atoms with E-state index in [0.717, 1.165) is 23.4 Å². The topological polar surface area (TPSA) is 59.1 Å². The van der Waals surface area contributed by atoms with Gasteiger partial charge in [-0.3, -0.25) is 14.4 Å². The lowest BCUT2D eigenvalue weighted by Gasteiger charge is -2.28. The van der Waals surface area contributed by atoms with E-state index < -0.39 is 18.1 Å². The first-order valence-electron chi connectivity index (χ1n) is 13.4. The molecule has 2 fully saturated rings. The van der Waals surface area contributed by atoms with Gasteiger partial charge in [0.1, 0.15) is 11.7 Å². The summed E-state index contributed by atoms with van der Waals surface area (Å²) in [6, 6.07) is 26.1. The predicted molar refractivity (Wildman–Crippen MR) is 144 cm³/mol. The van der Waals surface area contributed by atoms with Gasteiger partial charge >= 0.3 is 0 Å². The van der Waals surface area contributed by atoms with Crippen molar-refractivity contribution in [2.24, 2.45) is 5.92 Å². The summed E-state index contributed by atoms with van der Waals surface area (Å²) in [6.07, 6.45) is 6.44. The van der Waals surface area contributed by atoms with Gasteiger partial charge in [0.15, 0.2) is 6.10 Å². The Morgan fingerprint density at radius 2 is 1.35 bits per heavy atom. The minimum absolute atomic E-state index is 0.243. The third-order valence-corrected chi connectivity index (χ3v) is 7.13. The molecule has 2 amide bonds. The molecule has 6 nitrogen and oxygen atoms in total. The number of carbonyl (C=O) groups excluding carboxylic acids is 2. The predicted octanol–water partition coefficient (Wildman–Crippen LogP) is 6.48. The van der Waals surface area contributed by atoms with Gasteiger partial charge in [0.05, 0.1) is 24.0 Å². The molecule has 0 saturated carbocycles. The molecule has 2 aliphatic heterocycles. The minimum Gasteiger partial charge on any atom is -0.494 e. The molecule has 6 heteroatoms. The van der Waals surface area contributed by atoms with E-state index in [2.05, 4.69) is 6.92 Å². The Morgan fingerprint density at radius 3 is 2.03 bits per heavy atom. The molecule has 0 radical (unpaired) electrons. The molecule has 3 aromatic carbocycles. The molecular weight excluding hydrogens is 464 g/mol. The van der Waals surface area contributed by atoms with Crippen molar-refractivity contribution >= 4 is 23.2 Å². The maximum Gasteiger partial charge on any atom is 0.266 e. The Kier molecular flexibility index (Phi) is 7.85. The number of hydrogen-bond acceptors (Lipinski definition) is 5. The molecule has 0 unspecified atom stereocenters. The standard InChI is InChI=1S/C31H34N2O4/c1-2-3-4-5-6-13-22-36-26-20-18-23(19-21-26)28-27-29(37-33(28)25-16-11-8-12-17-25)31(35)32(30(27)34)24-14-9-7-10-15-24/h7-12,14-21,27-29H,2-6,13,22H2,1H3/t27-,28+,29+/m0/s1. The number of anilines is 2. The van der Waals surface area contributed by atoms with Gasteiger partial charge in [-0.25, -0.2) is 9.96 Å². The highest BCUT2D eigenvalue weighted by Gasteiger charge is 2.60. The molecule has 0 aliphatic carbocycles. The lowest BCUT2D eigenvalue weighted by Crippen LogP contribution is -2.37. The number of nitrogens with zero attached hydrogens (tertiary/aromatic N) is 2. The number of rotatable bonds is 11. The van der Waals surface area contributed by atoms with Gasteiger partial charge in [0.2, 0.25) is 5.91 Å². The number of carbonyl (C=O) groups is 2. The molecule has 0 N–H and O–H groups in total. The molecular formula is C31H34N2O4. The number of imide groups is 1. The van der Waals surface area contributed by atoms with Crippen molar-refractivity contribution < 1.29 is 19.2 Å². The number of fused-ring (bicyclic) bond motifs is 1. The second-order valence-corrected chi connectivity index (χ2v) is 9.69. The zero-order valence-electron chi connectivity index (χ0n) is 21.3. The largest absolute Gasteiger partial charge is 0.494 e. The van der Waals surface area contributed by atoms with Gasteiger partial charge in [0, 0.05) is 0 Å². The van der Waals surface area contributed by atoms with Gasteiger partial charge < -0.3 is 4.74 Å². The normalized spacial score (nSPS) is 20.9. The Labute approximate surface area is 218 Å². The van der Waals surface area contributed by atoms with E-state index in [1.54, 1.807) is 17.2 Å². The van der Waals surface area contributed by atoms with E-state index >= 15 is 0 Å². The van der Waals surface area contributed by atoms with Crippen LogP contribution in [0.3, 0.4) is 0 Å². The molecule has 192 valence electrons. The summed E-state index contributed by atoms with van der Waals surface area (Å²) in [5, 5.41) is 1.72. The van der Waals surface area contributed by atoms with Crippen LogP contribution in [0, 0.1) is 5.92 Å². The number of hydrogen-bond donors (Lipinski definition) is 0. The zero-order valence-corrected chi connectivity index (χ0v) is 21.3. The summed E-state index contributed by atoms with van der Waals surface area (Å²) < 4.78 is 5.97. The summed E-state index contributed by atoms with van der Waals surface area (Å²) in [6.45, 7) is 2.92. The summed E-state index contributed by atoms with van der Waals surface area (Å²) in [7, 11) is 0. The first kappa shape index (κ1) is 25.0. The smallest absolute Gasteiger partial charge is 0.266 e. The number of amides is 2. The third-order valence-electron chi connectivity index (χ3n) is 7.13. The van der Waals surface area contributed by atoms with Crippen LogP contribution < -0.4 is 14.7 Å². The van der Waals surface area contributed by atoms with Crippen molar-refractivity contribution in [2.75, 3.05) is 16.6 Å². The van der Waals surface area contributed by atoms with Crippen molar-refractivity contribution in [3.8, 4) is 5.75 Å². The maximum absolute atomic E-state index is 13.7. The average molecular weight is 499 g/mol. The fraction of sp³-hybridized carbons (Fsp3) is 0.355. The fourth-order valence-electron chi connectivity index (χ4n) is 5.22. The summed E-state index contributed by atoms with van der Waals surface area (Å²) in [5.41, 5.74) is 2.27. The Hall–Kier alpha value is -3.64. The van der Waals surface area contributed by atoms with Crippen LogP contribution in [0.25, 0.3) is 0 Å². The van der Waals surface area contributed by atoms with E-state index in [1.165, 1.54) is 37.0 Å². The van der Waals surface area contributed by atoms with Crippen LogP contribution in [0.5, 0.6) is 5.75 Å². The number of ether oxygens (including phenoxy) is 1. The molecule has 37 heavy (non-hydrogen) atoms. The van der Waals surface area contributed by atoms with Crippen molar-refractivity contribution in [3.05, 3.63) is 90.5 Å². The van der Waals surface area contributed by atoms with Crippen LogP contribution in [-0.4, -0.2) is 24.5 Å². The third kappa shape index (κ3) is 5.25. The van der Waals surface area contributed by atoms with Crippen LogP contribution >= 0.6 is 0 Å². The van der Waals surface area contributed by atoms with Crippen molar-refractivity contribution in [3.63, 3.8) is 0 Å². The molecule has 0 aromatic heterocycles. The van der Waals surface area contributed by atoms with Crippen LogP contribution in [0.2, 0.25) is 0 Å². The first-order valence-corrected chi connectivity index (χ1v) is 13.4. The number of para-hydroxylation sites is 2. The Bertz CT molecular complexity index is 1180. The fourth-order valence-corrected chi connectivity index (χ4v) is 5.22. The van der Waals surface area contributed by atoms with Gasteiger partial charge in [0.25, 0.3) is 5.91 Å². The van der Waals surface area contributed by atoms with E-state index in [0.29, 0.717) is 12.3 Å². The van der Waals surface area contributed by atoms with Gasteiger partial charge in [-0.1, -0.05) is 87.6 Å². The van der Waals surface area contributed by atoms with Crippen LogP contribution in [0.15, 0.2) is 84.9 Å². The molecule has 0 spiro atoms. The first-order chi connectivity index (χ1) is 18.2. The van der Waals surface area contributed by atoms with Crippen LogP contribution in [-0.2, 0) is 14.4 Å². The van der Waals surface area contributed by atoms with E-state index in [1.807, 2.05) is 72.8 Å². The quantitative estimate of drug-likeness (QED) is 0.224. The summed E-state index contributed by atoms with van der Waals surface area (Å²) in [4.78, 5) is 34.5. The van der Waals surface area contributed by atoms with Crippen LogP contribution in [0.4, 0.5) is 11.4 Å². The maximum atomic E-state index is 13.7. The molecule has 2 saturated heterocycles. The Morgan fingerprint density at radius 1 is 0.730 bits per heavy atom. The molecule has 0 bridgehead atoms. The molecule has 2 aliphatic rings. The lowest BCUT2D eigenvalue weighted by atomic mass is 9.90. The number of hydroxylamine groups is 1. The Balaban J connectivity index is 1.34. The van der Waals surface area contributed by atoms with E-state index in [9.17, 15) is 9.59 Å². The van der Waals surface area contributed by atoms with E-state index in [-0.39, 0.29) is 11.8 Å². The van der Waals surface area contributed by atoms with Crippen molar-refractivity contribution in [1.82, 2.24) is 0 Å². The highest BCUT2D eigenvalue weighted by atomic mass is 16.7. The number of unbranched alkanes of at least 4 members (excludes halogenated alkanes) is 5. The van der Waals surface area contributed by atoms with Gasteiger partial charge in [-0.15, -0.1) is 0 Å². The minimum atomic E-state index is -0.874. The van der Waals surface area contributed by atoms with E-state index in [4.69, 9.17) is 9.57 Å². The highest BCUT2D eigenvalue weighted by Crippen LogP contribution is 2.47. The SMILES string of the molecule is CCCCCCCCOc1ccc([C@@H]2[C@@H]3C(=O)N(c4ccccc4)C(=O)[C@@H]3ON2c2ccccc2)cc1. The summed E-state index contributed by atoms with van der Waals surface area (Å²) >= 11 is 0. The van der Waals surface area contributed by atoms with Gasteiger partial charge in [-0.2, -0.15) is 0 Å². The second-order valence-electron chi connectivity index (χ2n) is 9.69. The molecule has 3 atom stereocenters. The molecule has 5 rings (SSSR count). The monoisotopic (exact) mass is 498 g/mol. The van der Waals surface area contributed by atoms with Crippen molar-refractivity contribution in [1.29, 1.82) is 0 Å².